The van der Waals surface area contributed by atoms with Crippen LogP contribution in [-0.4, -0.2) is 87.3 Å². The predicted octanol–water partition coefficient (Wildman–Crippen LogP) is -3.67. The molecule has 0 aromatic carbocycles. The molecule has 0 saturated carbocycles. The Morgan fingerprint density at radius 2 is 1.96 bits per heavy atom. The van der Waals surface area contributed by atoms with Crippen molar-refractivity contribution < 1.29 is 43.5 Å². The summed E-state index contributed by atoms with van der Waals surface area (Å²) < 4.78 is 33.6. The summed E-state index contributed by atoms with van der Waals surface area (Å²) in [5.74, 6) is -7.87. The molecule has 11 nitrogen and oxygen atoms in total. The fourth-order valence-corrected chi connectivity index (χ4v) is 2.43. The van der Waals surface area contributed by atoms with Gasteiger partial charge in [0.25, 0.3) is 0 Å². The van der Waals surface area contributed by atoms with Crippen molar-refractivity contribution in [3.63, 3.8) is 0 Å². The third-order valence-corrected chi connectivity index (χ3v) is 3.56. The van der Waals surface area contributed by atoms with Crippen LogP contribution in [0.3, 0.4) is 0 Å². The summed E-state index contributed by atoms with van der Waals surface area (Å²) in [5, 5.41) is 39.5. The molecule has 0 aromatic rings. The highest BCUT2D eigenvalue weighted by Crippen LogP contribution is 2.37. The number of hydrogen-bond donors (Lipinski definition) is 7. The summed E-state index contributed by atoms with van der Waals surface area (Å²) in [6.07, 6.45) is -8.96. The Labute approximate surface area is 140 Å². The quantitative estimate of drug-likeness (QED) is 0.182. The summed E-state index contributed by atoms with van der Waals surface area (Å²) in [6, 6.07) is -3.64. The highest BCUT2D eigenvalue weighted by atomic mass is 19.2. The lowest BCUT2D eigenvalue weighted by Crippen LogP contribution is -2.71. The smallest absolute Gasteiger partial charge is 0.372 e. The van der Waals surface area contributed by atoms with Gasteiger partial charge in [0, 0.05) is 6.92 Å². The number of alkyl halides is 2. The molecule has 1 rings (SSSR count). The number of aliphatic hydroxyl groups is 3. The molecule has 0 aliphatic carbocycles. The molecule has 1 amide bonds. The number of amides is 1. The second-order valence-electron chi connectivity index (χ2n) is 5.45. The molecular formula is C12H20F2N4O7. The molecule has 3 unspecified atom stereocenters. The van der Waals surface area contributed by atoms with Crippen molar-refractivity contribution in [2.24, 2.45) is 16.5 Å². The largest absolute Gasteiger partial charge is 0.477 e. The maximum atomic E-state index is 14.6. The van der Waals surface area contributed by atoms with Crippen LogP contribution < -0.4 is 16.8 Å². The van der Waals surface area contributed by atoms with Crippen LogP contribution in [0.5, 0.6) is 0 Å². The minimum absolute atomic E-state index is 0.742. The van der Waals surface area contributed by atoms with Gasteiger partial charge >= 0.3 is 11.8 Å². The van der Waals surface area contributed by atoms with Crippen molar-refractivity contribution in [2.75, 3.05) is 6.61 Å². The SMILES string of the molecule is CC(=O)N[C@@H]1C(N=C(N)N)C(F)[C@](F)(C(=O)O)OC1[C@H](O)[C@H](O)CO. The zero-order chi connectivity index (χ0) is 19.5. The summed E-state index contributed by atoms with van der Waals surface area (Å²) >= 11 is 0. The topological polar surface area (TPSA) is 201 Å². The second-order valence-corrected chi connectivity index (χ2v) is 5.45. The Morgan fingerprint density at radius 3 is 2.36 bits per heavy atom. The van der Waals surface area contributed by atoms with Crippen molar-refractivity contribution in [1.82, 2.24) is 5.32 Å². The van der Waals surface area contributed by atoms with E-state index in [4.69, 9.17) is 21.7 Å². The average Bonchev–Trinajstić information content (AvgIpc) is 2.51. The summed E-state index contributed by atoms with van der Waals surface area (Å²) in [5.41, 5.74) is 10.3. The molecule has 1 heterocycles. The Kier molecular flexibility index (Phi) is 6.59. The van der Waals surface area contributed by atoms with Crippen LogP contribution in [-0.2, 0) is 14.3 Å². The molecule has 0 radical (unpaired) electrons. The molecule has 1 saturated heterocycles. The molecule has 144 valence electrons. The number of aliphatic carboxylic acids is 1. The molecule has 1 aliphatic heterocycles. The van der Waals surface area contributed by atoms with Gasteiger partial charge in [0.15, 0.2) is 12.1 Å². The first-order chi connectivity index (χ1) is 11.5. The number of nitrogens with zero attached hydrogens (tertiary/aromatic N) is 1. The number of carbonyl (C=O) groups excluding carboxylic acids is 1. The van der Waals surface area contributed by atoms with E-state index < -0.39 is 66.9 Å². The van der Waals surface area contributed by atoms with E-state index >= 15 is 0 Å². The van der Waals surface area contributed by atoms with E-state index in [1.807, 2.05) is 0 Å². The van der Waals surface area contributed by atoms with Crippen LogP contribution in [0.2, 0.25) is 0 Å². The highest BCUT2D eigenvalue weighted by Gasteiger charge is 2.63. The summed E-state index contributed by atoms with van der Waals surface area (Å²) in [7, 11) is 0. The Hall–Kier alpha value is -2.09. The number of rotatable bonds is 6. The fraction of sp³-hybridized carbons (Fsp3) is 0.750. The molecule has 1 aliphatic rings. The molecule has 1 fully saturated rings. The van der Waals surface area contributed by atoms with Gasteiger partial charge in [-0.25, -0.2) is 14.2 Å². The van der Waals surface area contributed by atoms with E-state index in [9.17, 15) is 28.6 Å². The molecule has 0 spiro atoms. The third-order valence-electron chi connectivity index (χ3n) is 3.56. The molecule has 13 heteroatoms. The first kappa shape index (κ1) is 21.0. The minimum Gasteiger partial charge on any atom is -0.477 e. The number of aliphatic imine (C=N–C) groups is 1. The lowest BCUT2D eigenvalue weighted by Gasteiger charge is -2.45. The summed E-state index contributed by atoms with van der Waals surface area (Å²) in [4.78, 5) is 25.9. The van der Waals surface area contributed by atoms with Gasteiger partial charge in [0.1, 0.15) is 24.4 Å². The number of ether oxygens (including phenoxy) is 1. The molecule has 0 bridgehead atoms. The lowest BCUT2D eigenvalue weighted by molar-refractivity contribution is -0.276. The molecule has 9 N–H and O–H groups in total. The number of guanidine groups is 1. The van der Waals surface area contributed by atoms with Gasteiger partial charge in [-0.15, -0.1) is 0 Å². The normalized spacial score (nSPS) is 34.6. The Balaban J connectivity index is 3.44. The van der Waals surface area contributed by atoms with Gasteiger partial charge in [0.05, 0.1) is 12.6 Å². The van der Waals surface area contributed by atoms with Crippen LogP contribution in [0, 0.1) is 0 Å². The molecular weight excluding hydrogens is 350 g/mol. The zero-order valence-electron chi connectivity index (χ0n) is 13.0. The van der Waals surface area contributed by atoms with E-state index in [2.05, 4.69) is 15.0 Å². The average molecular weight is 370 g/mol. The van der Waals surface area contributed by atoms with Crippen LogP contribution in [0.4, 0.5) is 8.78 Å². The van der Waals surface area contributed by atoms with Gasteiger partial charge in [-0.05, 0) is 0 Å². The standard InChI is InChI=1S/C12H20F2N4O7/c1-3(20)17-5-6(18-11(15)16)9(13)12(14,10(23)24)25-8(5)7(22)4(21)2-19/h4-9,19,21-22H,2H2,1H3,(H,17,20)(H,23,24)(H4,15,16,18)/t4-,5-,6?,7-,8?,9?,12-/m1/s1. The van der Waals surface area contributed by atoms with Crippen molar-refractivity contribution in [1.29, 1.82) is 0 Å². The maximum absolute atomic E-state index is 14.6. The zero-order valence-corrected chi connectivity index (χ0v) is 13.0. The number of carboxylic acids is 1. The van der Waals surface area contributed by atoms with Crippen molar-refractivity contribution >= 4 is 17.8 Å². The number of carboxylic acid groups (broad SMARTS) is 1. The summed E-state index contributed by atoms with van der Waals surface area (Å²) in [6.45, 7) is -0.00752. The number of nitrogens with two attached hydrogens (primary N) is 2. The maximum Gasteiger partial charge on any atom is 0.372 e. The molecule has 25 heavy (non-hydrogen) atoms. The third kappa shape index (κ3) is 4.31. The van der Waals surface area contributed by atoms with E-state index in [1.165, 1.54) is 0 Å². The van der Waals surface area contributed by atoms with E-state index in [0.29, 0.717) is 0 Å². The predicted molar refractivity (Wildman–Crippen MR) is 77.5 cm³/mol. The van der Waals surface area contributed by atoms with Gasteiger partial charge in [-0.2, -0.15) is 4.39 Å². The van der Waals surface area contributed by atoms with Gasteiger partial charge in [0.2, 0.25) is 5.91 Å². The number of aliphatic hydroxyl groups excluding tert-OH is 3. The minimum atomic E-state index is -3.97. The number of nitrogens with one attached hydrogen (secondary N) is 1. The molecule has 7 atom stereocenters. The second kappa shape index (κ2) is 7.86. The van der Waals surface area contributed by atoms with Crippen LogP contribution >= 0.6 is 0 Å². The number of hydrogen-bond acceptors (Lipinski definition) is 7. The first-order valence-corrected chi connectivity index (χ1v) is 7.02. The van der Waals surface area contributed by atoms with E-state index in [0.717, 1.165) is 6.92 Å². The van der Waals surface area contributed by atoms with E-state index in [1.54, 1.807) is 0 Å². The monoisotopic (exact) mass is 370 g/mol. The Morgan fingerprint density at radius 1 is 1.40 bits per heavy atom. The number of carbonyl (C=O) groups is 2. The van der Waals surface area contributed by atoms with Crippen molar-refractivity contribution in [3.05, 3.63) is 0 Å². The van der Waals surface area contributed by atoms with Gasteiger partial charge in [-0.3, -0.25) is 4.79 Å². The lowest BCUT2D eigenvalue weighted by atomic mass is 9.86. The van der Waals surface area contributed by atoms with Gasteiger partial charge in [-0.1, -0.05) is 0 Å². The Bertz CT molecular complexity index is 548. The van der Waals surface area contributed by atoms with E-state index in [-0.39, 0.29) is 0 Å². The molecule has 0 aromatic heterocycles. The van der Waals surface area contributed by atoms with Crippen LogP contribution in [0.1, 0.15) is 6.92 Å². The van der Waals surface area contributed by atoms with Crippen LogP contribution in [0.25, 0.3) is 0 Å². The van der Waals surface area contributed by atoms with Crippen molar-refractivity contribution in [3.8, 4) is 0 Å². The highest BCUT2D eigenvalue weighted by molar-refractivity contribution is 5.79. The van der Waals surface area contributed by atoms with Gasteiger partial charge < -0.3 is 41.9 Å². The first-order valence-electron chi connectivity index (χ1n) is 7.02. The fourth-order valence-electron chi connectivity index (χ4n) is 2.43. The number of halogens is 2. The van der Waals surface area contributed by atoms with Crippen molar-refractivity contribution in [2.45, 2.75) is 49.3 Å². The van der Waals surface area contributed by atoms with Crippen LogP contribution in [0.15, 0.2) is 4.99 Å².